The number of methoxy groups -OCH3 is 2. The molecular weight excluding hydrogens is 548 g/mol. The van der Waals surface area contributed by atoms with Gasteiger partial charge in [0.2, 0.25) is 22.1 Å². The molecule has 1 aliphatic carbocycles. The van der Waals surface area contributed by atoms with E-state index in [0.717, 1.165) is 46.8 Å². The molecule has 1 aliphatic rings. The number of rotatable bonds is 10. The molecule has 208 valence electrons. The number of amides is 2. The molecule has 0 radical (unpaired) electrons. The van der Waals surface area contributed by atoms with Gasteiger partial charge in [0, 0.05) is 23.0 Å². The molecule has 40 heavy (non-hydrogen) atoms. The SMILES string of the molecule is COc1ccccc1CC(=O)Nc1nnc([C@H]2CCC[C@H](c3nnc(NC(=O)Cc4ccccc4OC)s3)C2)s1. The highest BCUT2D eigenvalue weighted by molar-refractivity contribution is 7.15. The smallest absolute Gasteiger partial charge is 0.230 e. The molecule has 2 amide bonds. The van der Waals surface area contributed by atoms with E-state index in [1.165, 1.54) is 22.7 Å². The van der Waals surface area contributed by atoms with Crippen molar-refractivity contribution in [1.82, 2.24) is 20.4 Å². The number of nitrogens with zero attached hydrogens (tertiary/aromatic N) is 4. The van der Waals surface area contributed by atoms with Gasteiger partial charge in [-0.05, 0) is 31.4 Å². The van der Waals surface area contributed by atoms with E-state index in [1.54, 1.807) is 14.2 Å². The average molecular weight is 579 g/mol. The summed E-state index contributed by atoms with van der Waals surface area (Å²) in [6, 6.07) is 14.9. The van der Waals surface area contributed by atoms with Gasteiger partial charge < -0.3 is 20.1 Å². The van der Waals surface area contributed by atoms with Gasteiger partial charge in [0.25, 0.3) is 0 Å². The van der Waals surface area contributed by atoms with Crippen LogP contribution in [0.1, 0.15) is 58.7 Å². The summed E-state index contributed by atoms with van der Waals surface area (Å²) in [6.07, 6.45) is 4.29. The molecule has 0 saturated heterocycles. The largest absolute Gasteiger partial charge is 0.496 e. The predicted octanol–water partition coefficient (Wildman–Crippen LogP) is 5.21. The lowest BCUT2D eigenvalue weighted by molar-refractivity contribution is -0.116. The van der Waals surface area contributed by atoms with Crippen LogP contribution < -0.4 is 20.1 Å². The van der Waals surface area contributed by atoms with Crippen LogP contribution in [0.2, 0.25) is 0 Å². The lowest BCUT2D eigenvalue weighted by Gasteiger charge is -2.25. The molecule has 2 N–H and O–H groups in total. The first-order chi connectivity index (χ1) is 19.5. The van der Waals surface area contributed by atoms with Crippen molar-refractivity contribution in [2.45, 2.75) is 50.4 Å². The predicted molar refractivity (Wildman–Crippen MR) is 154 cm³/mol. The lowest BCUT2D eigenvalue weighted by atomic mass is 9.82. The summed E-state index contributed by atoms with van der Waals surface area (Å²) in [6.45, 7) is 0. The van der Waals surface area contributed by atoms with Gasteiger partial charge in [-0.15, -0.1) is 20.4 Å². The van der Waals surface area contributed by atoms with Crippen molar-refractivity contribution >= 4 is 44.8 Å². The van der Waals surface area contributed by atoms with Crippen molar-refractivity contribution in [1.29, 1.82) is 0 Å². The molecule has 2 heterocycles. The highest BCUT2D eigenvalue weighted by Gasteiger charge is 2.29. The Morgan fingerprint density at radius 2 is 1.20 bits per heavy atom. The van der Waals surface area contributed by atoms with Crippen molar-refractivity contribution in [3.8, 4) is 11.5 Å². The number of aromatic nitrogens is 4. The summed E-state index contributed by atoms with van der Waals surface area (Å²) in [5.41, 5.74) is 1.63. The Morgan fingerprint density at radius 3 is 1.65 bits per heavy atom. The van der Waals surface area contributed by atoms with E-state index in [4.69, 9.17) is 9.47 Å². The fraction of sp³-hybridized carbons (Fsp3) is 0.357. The summed E-state index contributed by atoms with van der Waals surface area (Å²) in [5.74, 6) is 1.48. The van der Waals surface area contributed by atoms with Crippen molar-refractivity contribution in [2.24, 2.45) is 0 Å². The third-order valence-electron chi connectivity index (χ3n) is 6.83. The van der Waals surface area contributed by atoms with Crippen molar-refractivity contribution < 1.29 is 19.1 Å². The standard InChI is InChI=1S/C28H30N6O4S2/c1-37-21-12-5-3-8-17(21)15-23(35)29-27-33-31-25(39-27)19-10-7-11-20(14-19)26-32-34-28(40-26)30-24(36)16-18-9-4-6-13-22(18)38-2/h3-6,8-9,12-13,19-20H,7,10-11,14-16H2,1-2H3,(H,29,33,35)(H,30,34,36)/t19-,20-/m0/s1. The summed E-state index contributed by atoms with van der Waals surface area (Å²) in [5, 5.41) is 25.8. The molecule has 12 heteroatoms. The minimum Gasteiger partial charge on any atom is -0.496 e. The number of anilines is 2. The molecule has 10 nitrogen and oxygen atoms in total. The Balaban J connectivity index is 1.16. The summed E-state index contributed by atoms with van der Waals surface area (Å²) >= 11 is 2.84. The molecule has 2 aromatic carbocycles. The topological polar surface area (TPSA) is 128 Å². The minimum atomic E-state index is -0.164. The van der Waals surface area contributed by atoms with E-state index in [2.05, 4.69) is 31.0 Å². The number of benzene rings is 2. The van der Waals surface area contributed by atoms with E-state index in [-0.39, 0.29) is 36.5 Å². The zero-order valence-corrected chi connectivity index (χ0v) is 23.9. The van der Waals surface area contributed by atoms with E-state index in [0.29, 0.717) is 21.8 Å². The zero-order chi connectivity index (χ0) is 27.9. The van der Waals surface area contributed by atoms with Gasteiger partial charge >= 0.3 is 0 Å². The molecule has 5 rings (SSSR count). The highest BCUT2D eigenvalue weighted by Crippen LogP contribution is 2.43. The van der Waals surface area contributed by atoms with E-state index in [1.807, 2.05) is 48.5 Å². The summed E-state index contributed by atoms with van der Waals surface area (Å²) in [4.78, 5) is 25.2. The van der Waals surface area contributed by atoms with Crippen LogP contribution in [-0.2, 0) is 22.4 Å². The van der Waals surface area contributed by atoms with Gasteiger partial charge in [-0.1, -0.05) is 65.5 Å². The Kier molecular flexibility index (Phi) is 8.97. The quantitative estimate of drug-likeness (QED) is 0.262. The third-order valence-corrected chi connectivity index (χ3v) is 8.84. The van der Waals surface area contributed by atoms with Crippen LogP contribution >= 0.6 is 22.7 Å². The molecular formula is C28H30N6O4S2. The van der Waals surface area contributed by atoms with Crippen LogP contribution in [0.3, 0.4) is 0 Å². The van der Waals surface area contributed by atoms with Gasteiger partial charge in [0.1, 0.15) is 21.5 Å². The van der Waals surface area contributed by atoms with Crippen LogP contribution in [0.4, 0.5) is 10.3 Å². The van der Waals surface area contributed by atoms with Gasteiger partial charge in [-0.3, -0.25) is 9.59 Å². The number of nitrogens with one attached hydrogen (secondary N) is 2. The number of ether oxygens (including phenoxy) is 2. The maximum absolute atomic E-state index is 12.6. The lowest BCUT2D eigenvalue weighted by Crippen LogP contribution is -2.14. The first-order valence-electron chi connectivity index (χ1n) is 13.0. The van der Waals surface area contributed by atoms with Crippen LogP contribution in [0.15, 0.2) is 48.5 Å². The maximum atomic E-state index is 12.6. The third kappa shape index (κ3) is 6.80. The molecule has 4 aromatic rings. The fourth-order valence-electron chi connectivity index (χ4n) is 4.91. The van der Waals surface area contributed by atoms with Crippen LogP contribution in [0.5, 0.6) is 11.5 Å². The Morgan fingerprint density at radius 1 is 0.750 bits per heavy atom. The average Bonchev–Trinajstić information content (AvgIpc) is 3.63. The normalized spacial score (nSPS) is 16.8. The van der Waals surface area contributed by atoms with Crippen molar-refractivity contribution in [3.63, 3.8) is 0 Å². The van der Waals surface area contributed by atoms with Gasteiger partial charge in [-0.2, -0.15) is 0 Å². The highest BCUT2D eigenvalue weighted by atomic mass is 32.1. The molecule has 0 spiro atoms. The second-order valence-electron chi connectivity index (χ2n) is 9.52. The molecule has 1 fully saturated rings. The number of carbonyl (C=O) groups excluding carboxylic acids is 2. The van der Waals surface area contributed by atoms with Gasteiger partial charge in [0.15, 0.2) is 0 Å². The Bertz CT molecular complexity index is 1360. The van der Waals surface area contributed by atoms with Crippen LogP contribution in [0.25, 0.3) is 0 Å². The second kappa shape index (κ2) is 13.0. The van der Waals surface area contributed by atoms with Crippen molar-refractivity contribution in [3.05, 3.63) is 69.7 Å². The van der Waals surface area contributed by atoms with E-state index < -0.39 is 0 Å². The van der Waals surface area contributed by atoms with Crippen molar-refractivity contribution in [2.75, 3.05) is 24.9 Å². The summed E-state index contributed by atoms with van der Waals surface area (Å²) < 4.78 is 10.7. The zero-order valence-electron chi connectivity index (χ0n) is 22.3. The number of hydrogen-bond acceptors (Lipinski definition) is 10. The van der Waals surface area contributed by atoms with E-state index in [9.17, 15) is 9.59 Å². The van der Waals surface area contributed by atoms with Gasteiger partial charge in [0.05, 0.1) is 27.1 Å². The van der Waals surface area contributed by atoms with Gasteiger partial charge in [-0.25, -0.2) is 0 Å². The Hall–Kier alpha value is -3.90. The molecule has 2 atom stereocenters. The first-order valence-corrected chi connectivity index (χ1v) is 14.7. The number of hydrogen-bond donors (Lipinski definition) is 2. The number of para-hydroxylation sites is 2. The molecule has 0 aliphatic heterocycles. The van der Waals surface area contributed by atoms with Crippen LogP contribution in [0, 0.1) is 0 Å². The Labute approximate surface area is 240 Å². The monoisotopic (exact) mass is 578 g/mol. The van der Waals surface area contributed by atoms with Crippen LogP contribution in [-0.4, -0.2) is 46.4 Å². The molecule has 0 unspecified atom stereocenters. The number of carbonyl (C=O) groups is 2. The molecule has 1 saturated carbocycles. The molecule has 0 bridgehead atoms. The summed E-state index contributed by atoms with van der Waals surface area (Å²) in [7, 11) is 3.18. The second-order valence-corrected chi connectivity index (χ2v) is 11.5. The first kappa shape index (κ1) is 27.7. The minimum absolute atomic E-state index is 0.164. The maximum Gasteiger partial charge on any atom is 0.230 e. The fourth-order valence-corrected chi connectivity index (χ4v) is 6.72. The molecule has 2 aromatic heterocycles. The van der Waals surface area contributed by atoms with E-state index >= 15 is 0 Å².